The second kappa shape index (κ2) is 6.00. The maximum atomic E-state index is 8.72. The Morgan fingerprint density at radius 2 is 1.67 bits per heavy atom. The molecule has 0 saturated carbocycles. The van der Waals surface area contributed by atoms with Crippen molar-refractivity contribution in [1.82, 2.24) is 0 Å². The minimum absolute atomic E-state index is 0.239. The summed E-state index contributed by atoms with van der Waals surface area (Å²) in [4.78, 5) is 0. The first-order valence-electron chi connectivity index (χ1n) is 2.90. The number of aliphatic hydroxyl groups excluding tert-OH is 1. The zero-order valence-corrected chi connectivity index (χ0v) is 6.48. The lowest BCUT2D eigenvalue weighted by atomic mass is 10.8. The van der Waals surface area contributed by atoms with Crippen LogP contribution >= 0.6 is 7.92 Å². The molecule has 0 rings (SSSR count). The van der Waals surface area contributed by atoms with Crippen molar-refractivity contribution in [3.05, 3.63) is 25.3 Å². The molecule has 52 valence electrons. The third-order valence-corrected chi connectivity index (χ3v) is 2.92. The van der Waals surface area contributed by atoms with Gasteiger partial charge in [-0.3, -0.25) is 0 Å². The molecule has 0 unspecified atom stereocenters. The molecule has 0 aromatic rings. The van der Waals surface area contributed by atoms with E-state index < -0.39 is 0 Å². The Hall–Kier alpha value is -0.130. The second-order valence-electron chi connectivity index (χ2n) is 1.75. The summed E-state index contributed by atoms with van der Waals surface area (Å²) in [5, 5.41) is 8.72. The van der Waals surface area contributed by atoms with Gasteiger partial charge in [-0.05, 0) is 12.3 Å². The summed E-state index contributed by atoms with van der Waals surface area (Å²) in [5.41, 5.74) is 0. The van der Waals surface area contributed by atoms with Crippen molar-refractivity contribution < 1.29 is 5.11 Å². The third kappa shape index (κ3) is 4.38. The van der Waals surface area contributed by atoms with Gasteiger partial charge in [-0.15, -0.1) is 13.2 Å². The molecule has 2 heteroatoms. The number of hydrogen-bond donors (Lipinski definition) is 1. The maximum Gasteiger partial charge on any atom is 0.0630 e. The minimum Gasteiger partial charge on any atom is -0.392 e. The summed E-state index contributed by atoms with van der Waals surface area (Å²) in [6, 6.07) is 0. The monoisotopic (exact) mass is 144 g/mol. The van der Waals surface area contributed by atoms with E-state index in [2.05, 4.69) is 13.2 Å². The number of rotatable bonds is 5. The molecule has 0 spiro atoms. The SMILES string of the molecule is C=CCP(CO)CC=C. The molecule has 0 bridgehead atoms. The molecular formula is C7H13OP. The first-order valence-corrected chi connectivity index (χ1v) is 4.80. The molecule has 0 heterocycles. The molecule has 0 aliphatic heterocycles. The normalized spacial score (nSPS) is 9.56. The van der Waals surface area contributed by atoms with Gasteiger partial charge in [0.1, 0.15) is 0 Å². The molecule has 0 aromatic heterocycles. The maximum absolute atomic E-state index is 8.72. The fourth-order valence-electron chi connectivity index (χ4n) is 0.555. The Balaban J connectivity index is 3.39. The van der Waals surface area contributed by atoms with Crippen LogP contribution in [0.1, 0.15) is 0 Å². The van der Waals surface area contributed by atoms with E-state index in [1.54, 1.807) is 0 Å². The molecular weight excluding hydrogens is 131 g/mol. The Kier molecular flexibility index (Phi) is 5.91. The highest BCUT2D eigenvalue weighted by Crippen LogP contribution is 2.33. The highest BCUT2D eigenvalue weighted by molar-refractivity contribution is 7.57. The molecule has 0 aromatic carbocycles. The van der Waals surface area contributed by atoms with Gasteiger partial charge in [0.15, 0.2) is 0 Å². The lowest BCUT2D eigenvalue weighted by Gasteiger charge is -2.07. The van der Waals surface area contributed by atoms with E-state index >= 15 is 0 Å². The van der Waals surface area contributed by atoms with Crippen LogP contribution in [0, 0.1) is 0 Å². The van der Waals surface area contributed by atoms with Gasteiger partial charge < -0.3 is 5.11 Å². The average molecular weight is 144 g/mol. The van der Waals surface area contributed by atoms with E-state index in [9.17, 15) is 0 Å². The van der Waals surface area contributed by atoms with Crippen LogP contribution in [0.2, 0.25) is 0 Å². The molecule has 0 radical (unpaired) electrons. The van der Waals surface area contributed by atoms with Crippen LogP contribution in [-0.2, 0) is 0 Å². The third-order valence-electron chi connectivity index (χ3n) is 0.975. The van der Waals surface area contributed by atoms with Gasteiger partial charge in [0.05, 0.1) is 6.35 Å². The minimum atomic E-state index is -0.239. The van der Waals surface area contributed by atoms with Gasteiger partial charge in [0.25, 0.3) is 0 Å². The summed E-state index contributed by atoms with van der Waals surface area (Å²) in [7, 11) is -0.239. The van der Waals surface area contributed by atoms with E-state index in [0.717, 1.165) is 12.3 Å². The van der Waals surface area contributed by atoms with Crippen molar-refractivity contribution in [3.8, 4) is 0 Å². The van der Waals surface area contributed by atoms with Crippen molar-refractivity contribution in [2.45, 2.75) is 0 Å². The van der Waals surface area contributed by atoms with Crippen molar-refractivity contribution in [3.63, 3.8) is 0 Å². The quantitative estimate of drug-likeness (QED) is 0.460. The lowest BCUT2D eigenvalue weighted by Crippen LogP contribution is -1.88. The Morgan fingerprint density at radius 1 is 1.22 bits per heavy atom. The predicted octanol–water partition coefficient (Wildman–Crippen LogP) is 1.79. The van der Waals surface area contributed by atoms with E-state index in [1.165, 1.54) is 0 Å². The van der Waals surface area contributed by atoms with Crippen molar-refractivity contribution in [2.75, 3.05) is 18.7 Å². The van der Waals surface area contributed by atoms with Crippen molar-refractivity contribution in [1.29, 1.82) is 0 Å². The summed E-state index contributed by atoms with van der Waals surface area (Å²) < 4.78 is 0. The standard InChI is InChI=1S/C7H13OP/c1-3-5-9(7-8)6-4-2/h3-4,8H,1-2,5-7H2. The Labute approximate surface area is 57.8 Å². The summed E-state index contributed by atoms with van der Waals surface area (Å²) >= 11 is 0. The summed E-state index contributed by atoms with van der Waals surface area (Å²) in [5.74, 6) is 0. The number of aliphatic hydroxyl groups is 1. The molecule has 1 nitrogen and oxygen atoms in total. The van der Waals surface area contributed by atoms with E-state index in [1.807, 2.05) is 12.2 Å². The topological polar surface area (TPSA) is 20.2 Å². The van der Waals surface area contributed by atoms with E-state index in [0.29, 0.717) is 6.35 Å². The molecule has 0 atom stereocenters. The molecule has 9 heavy (non-hydrogen) atoms. The first kappa shape index (κ1) is 8.87. The van der Waals surface area contributed by atoms with Gasteiger partial charge in [-0.1, -0.05) is 20.1 Å². The highest BCUT2D eigenvalue weighted by Gasteiger charge is 1.98. The largest absolute Gasteiger partial charge is 0.392 e. The number of hydrogen-bond acceptors (Lipinski definition) is 1. The molecule has 0 amide bonds. The van der Waals surface area contributed by atoms with Gasteiger partial charge >= 0.3 is 0 Å². The zero-order valence-electron chi connectivity index (χ0n) is 5.58. The Bertz CT molecular complexity index is 80.9. The van der Waals surface area contributed by atoms with Crippen LogP contribution in [0.4, 0.5) is 0 Å². The lowest BCUT2D eigenvalue weighted by molar-refractivity contribution is 0.370. The average Bonchev–Trinajstić information content (AvgIpc) is 1.88. The van der Waals surface area contributed by atoms with Crippen LogP contribution in [0.25, 0.3) is 0 Å². The summed E-state index contributed by atoms with van der Waals surface area (Å²) in [6.07, 6.45) is 5.89. The van der Waals surface area contributed by atoms with Crippen LogP contribution in [0.15, 0.2) is 25.3 Å². The van der Waals surface area contributed by atoms with E-state index in [-0.39, 0.29) is 7.92 Å². The van der Waals surface area contributed by atoms with Crippen LogP contribution in [0.3, 0.4) is 0 Å². The zero-order chi connectivity index (χ0) is 7.11. The van der Waals surface area contributed by atoms with Crippen LogP contribution < -0.4 is 0 Å². The molecule has 0 aliphatic rings. The van der Waals surface area contributed by atoms with Gasteiger partial charge in [-0.25, -0.2) is 0 Å². The fourth-order valence-corrected chi connectivity index (χ4v) is 1.67. The molecule has 0 aliphatic carbocycles. The van der Waals surface area contributed by atoms with Gasteiger partial charge in [0.2, 0.25) is 0 Å². The summed E-state index contributed by atoms with van der Waals surface area (Å²) in [6.45, 7) is 7.20. The first-order chi connectivity index (χ1) is 4.35. The smallest absolute Gasteiger partial charge is 0.0630 e. The van der Waals surface area contributed by atoms with Crippen LogP contribution in [-0.4, -0.2) is 23.8 Å². The molecule has 1 N–H and O–H groups in total. The van der Waals surface area contributed by atoms with Gasteiger partial charge in [-0.2, -0.15) is 0 Å². The van der Waals surface area contributed by atoms with Crippen molar-refractivity contribution >= 4 is 7.92 Å². The van der Waals surface area contributed by atoms with Gasteiger partial charge in [0, 0.05) is 0 Å². The molecule has 0 fully saturated rings. The van der Waals surface area contributed by atoms with Crippen molar-refractivity contribution in [2.24, 2.45) is 0 Å². The molecule has 0 saturated heterocycles. The predicted molar refractivity (Wildman–Crippen MR) is 44.1 cm³/mol. The van der Waals surface area contributed by atoms with Crippen LogP contribution in [0.5, 0.6) is 0 Å². The highest BCUT2D eigenvalue weighted by atomic mass is 31.1. The number of allylic oxidation sites excluding steroid dienone is 2. The van der Waals surface area contributed by atoms with E-state index in [4.69, 9.17) is 5.11 Å². The fraction of sp³-hybridized carbons (Fsp3) is 0.429. The second-order valence-corrected chi connectivity index (χ2v) is 4.11. The Morgan fingerprint density at radius 3 is 1.89 bits per heavy atom.